The van der Waals surface area contributed by atoms with Gasteiger partial charge in [-0.25, -0.2) is 0 Å². The first kappa shape index (κ1) is 18.0. The van der Waals surface area contributed by atoms with Crippen LogP contribution in [0.25, 0.3) is 0 Å². The van der Waals surface area contributed by atoms with Gasteiger partial charge in [-0.05, 0) is 6.92 Å². The van der Waals surface area contributed by atoms with Gasteiger partial charge in [0.2, 0.25) is 0 Å². The van der Waals surface area contributed by atoms with Gasteiger partial charge in [-0.1, -0.05) is 0 Å². The van der Waals surface area contributed by atoms with E-state index in [9.17, 15) is 20.4 Å². The predicted octanol–water partition coefficient (Wildman–Crippen LogP) is -3.03. The molecule has 9 nitrogen and oxygen atoms in total. The fraction of sp³-hybridized carbons (Fsp3) is 1.00. The Balaban J connectivity index is 2.09. The van der Waals surface area contributed by atoms with Gasteiger partial charge in [0.1, 0.15) is 42.7 Å². The fourth-order valence-corrected chi connectivity index (χ4v) is 2.74. The van der Waals surface area contributed by atoms with E-state index in [1.165, 1.54) is 7.11 Å². The Labute approximate surface area is 128 Å². The van der Waals surface area contributed by atoms with Crippen LogP contribution in [0, 0.1) is 0 Å². The van der Waals surface area contributed by atoms with Gasteiger partial charge in [-0.15, -0.1) is 0 Å². The maximum absolute atomic E-state index is 9.98. The van der Waals surface area contributed by atoms with Gasteiger partial charge in [0.25, 0.3) is 0 Å². The Morgan fingerprint density at radius 2 is 1.73 bits per heavy atom. The molecule has 0 aromatic heterocycles. The molecule has 0 radical (unpaired) electrons. The van der Waals surface area contributed by atoms with E-state index in [1.807, 2.05) is 0 Å². The van der Waals surface area contributed by atoms with E-state index in [4.69, 9.17) is 24.1 Å². The van der Waals surface area contributed by atoms with Gasteiger partial charge < -0.3 is 44.5 Å². The third-order valence-electron chi connectivity index (χ3n) is 4.11. The molecule has 2 fully saturated rings. The molecule has 2 rings (SSSR count). The molecule has 22 heavy (non-hydrogen) atoms. The molecule has 9 atom stereocenters. The summed E-state index contributed by atoms with van der Waals surface area (Å²) in [6, 6.07) is 0. The van der Waals surface area contributed by atoms with E-state index in [-0.39, 0.29) is 6.61 Å². The van der Waals surface area contributed by atoms with Crippen LogP contribution in [0.15, 0.2) is 0 Å². The largest absolute Gasteiger partial charge is 0.394 e. The van der Waals surface area contributed by atoms with Crippen LogP contribution in [0.4, 0.5) is 0 Å². The van der Waals surface area contributed by atoms with Crippen LogP contribution in [-0.4, -0.2) is 101 Å². The summed E-state index contributed by atoms with van der Waals surface area (Å²) in [6.07, 6.45) is -9.65. The van der Waals surface area contributed by atoms with Crippen molar-refractivity contribution in [2.75, 3.05) is 20.3 Å². The summed E-state index contributed by atoms with van der Waals surface area (Å²) in [7, 11) is 1.41. The first-order valence-corrected chi connectivity index (χ1v) is 7.19. The van der Waals surface area contributed by atoms with Crippen molar-refractivity contribution in [2.24, 2.45) is 0 Å². The van der Waals surface area contributed by atoms with E-state index < -0.39 is 61.7 Å². The Bertz CT molecular complexity index is 352. The highest BCUT2D eigenvalue weighted by Crippen LogP contribution is 2.27. The van der Waals surface area contributed by atoms with Crippen molar-refractivity contribution < 1.29 is 44.5 Å². The highest BCUT2D eigenvalue weighted by molar-refractivity contribution is 4.92. The average Bonchev–Trinajstić information content (AvgIpc) is 2.51. The molecule has 2 aliphatic rings. The van der Waals surface area contributed by atoms with Crippen molar-refractivity contribution >= 4 is 0 Å². The molecule has 0 saturated carbocycles. The summed E-state index contributed by atoms with van der Waals surface area (Å²) in [5, 5.41) is 48.5. The minimum absolute atomic E-state index is 0.0915. The summed E-state index contributed by atoms with van der Waals surface area (Å²) in [5.41, 5.74) is 0. The predicted molar refractivity (Wildman–Crippen MR) is 70.9 cm³/mol. The van der Waals surface area contributed by atoms with E-state index >= 15 is 0 Å². The molecule has 0 amide bonds. The average molecular weight is 324 g/mol. The van der Waals surface area contributed by atoms with Crippen LogP contribution in [0.5, 0.6) is 0 Å². The number of rotatable bonds is 4. The second-order valence-electron chi connectivity index (χ2n) is 5.60. The minimum atomic E-state index is -1.53. The quantitative estimate of drug-likeness (QED) is 0.365. The van der Waals surface area contributed by atoms with Gasteiger partial charge in [0, 0.05) is 7.11 Å². The number of hydrogen-bond donors (Lipinski definition) is 5. The highest BCUT2D eigenvalue weighted by atomic mass is 16.7. The van der Waals surface area contributed by atoms with Gasteiger partial charge >= 0.3 is 0 Å². The molecule has 5 N–H and O–H groups in total. The van der Waals surface area contributed by atoms with Crippen LogP contribution in [-0.2, 0) is 18.9 Å². The van der Waals surface area contributed by atoms with Crippen molar-refractivity contribution in [1.82, 2.24) is 0 Å². The van der Waals surface area contributed by atoms with Crippen molar-refractivity contribution in [3.05, 3.63) is 0 Å². The molecule has 0 spiro atoms. The maximum Gasteiger partial charge on any atom is 0.187 e. The van der Waals surface area contributed by atoms with Crippen LogP contribution in [0.3, 0.4) is 0 Å². The third kappa shape index (κ3) is 3.42. The van der Waals surface area contributed by atoms with E-state index in [0.29, 0.717) is 0 Å². The smallest absolute Gasteiger partial charge is 0.187 e. The van der Waals surface area contributed by atoms with Crippen molar-refractivity contribution in [2.45, 2.75) is 62.0 Å². The van der Waals surface area contributed by atoms with Gasteiger partial charge in [-0.2, -0.15) is 0 Å². The standard InChI is InChI=1S/C13H24O9/c1-5-11(12(19-2)6(15)4-20-5)22-13-10(18)9(17)8(16)7(3-14)21-13/h5-18H,3-4H2,1-2H3. The summed E-state index contributed by atoms with van der Waals surface area (Å²) in [5.74, 6) is 0. The fourth-order valence-electron chi connectivity index (χ4n) is 2.74. The van der Waals surface area contributed by atoms with E-state index in [1.54, 1.807) is 6.92 Å². The zero-order valence-corrected chi connectivity index (χ0v) is 12.5. The number of aliphatic hydroxyl groups is 5. The van der Waals surface area contributed by atoms with Crippen LogP contribution >= 0.6 is 0 Å². The molecule has 9 unspecified atom stereocenters. The van der Waals surface area contributed by atoms with Crippen LogP contribution in [0.2, 0.25) is 0 Å². The molecule has 2 saturated heterocycles. The van der Waals surface area contributed by atoms with Gasteiger partial charge in [0.15, 0.2) is 6.29 Å². The molecule has 0 aromatic rings. The molecular formula is C13H24O9. The van der Waals surface area contributed by atoms with E-state index in [2.05, 4.69) is 0 Å². The monoisotopic (exact) mass is 324 g/mol. The Morgan fingerprint density at radius 3 is 2.32 bits per heavy atom. The normalized spacial score (nSPS) is 50.0. The van der Waals surface area contributed by atoms with Crippen molar-refractivity contribution in [3.8, 4) is 0 Å². The van der Waals surface area contributed by atoms with Crippen LogP contribution < -0.4 is 0 Å². The topological polar surface area (TPSA) is 138 Å². The first-order valence-electron chi connectivity index (χ1n) is 7.19. The lowest BCUT2D eigenvalue weighted by atomic mass is 9.98. The van der Waals surface area contributed by atoms with Gasteiger partial charge in [-0.3, -0.25) is 0 Å². The molecule has 130 valence electrons. The highest BCUT2D eigenvalue weighted by Gasteiger charge is 2.48. The molecule has 0 aliphatic carbocycles. The lowest BCUT2D eigenvalue weighted by Gasteiger charge is -2.44. The number of aliphatic hydroxyl groups excluding tert-OH is 5. The summed E-state index contributed by atoms with van der Waals surface area (Å²) >= 11 is 0. The summed E-state index contributed by atoms with van der Waals surface area (Å²) in [6.45, 7) is 1.26. The third-order valence-corrected chi connectivity index (χ3v) is 4.11. The SMILES string of the molecule is COC1C(O)COC(C)C1OC1OC(CO)C(O)C(O)C1O. The summed E-state index contributed by atoms with van der Waals surface area (Å²) in [4.78, 5) is 0. The van der Waals surface area contributed by atoms with Gasteiger partial charge in [0.05, 0.1) is 19.3 Å². The lowest BCUT2D eigenvalue weighted by Crippen LogP contribution is -2.62. The molecular weight excluding hydrogens is 300 g/mol. The van der Waals surface area contributed by atoms with E-state index in [0.717, 1.165) is 0 Å². The minimum Gasteiger partial charge on any atom is -0.394 e. The van der Waals surface area contributed by atoms with Crippen molar-refractivity contribution in [3.63, 3.8) is 0 Å². The maximum atomic E-state index is 9.98. The Hall–Kier alpha value is -0.360. The van der Waals surface area contributed by atoms with Crippen molar-refractivity contribution in [1.29, 1.82) is 0 Å². The molecule has 9 heteroatoms. The first-order chi connectivity index (χ1) is 10.4. The number of ether oxygens (including phenoxy) is 4. The molecule has 2 heterocycles. The zero-order chi connectivity index (χ0) is 16.4. The second kappa shape index (κ2) is 7.47. The lowest BCUT2D eigenvalue weighted by molar-refractivity contribution is -0.335. The summed E-state index contributed by atoms with van der Waals surface area (Å²) < 4.78 is 21.5. The zero-order valence-electron chi connectivity index (χ0n) is 12.5. The van der Waals surface area contributed by atoms with Crippen LogP contribution in [0.1, 0.15) is 6.92 Å². The molecule has 0 aromatic carbocycles. The Kier molecular flexibility index (Phi) is 6.11. The molecule has 2 aliphatic heterocycles. The Morgan fingerprint density at radius 1 is 1.05 bits per heavy atom. The number of methoxy groups -OCH3 is 1. The molecule has 0 bridgehead atoms. The number of hydrogen-bond acceptors (Lipinski definition) is 9. The second-order valence-corrected chi connectivity index (χ2v) is 5.60.